The van der Waals surface area contributed by atoms with E-state index >= 15 is 0 Å². The van der Waals surface area contributed by atoms with Gasteiger partial charge in [0.15, 0.2) is 0 Å². The molecule has 0 aromatic heterocycles. The van der Waals surface area contributed by atoms with Crippen LogP contribution in [-0.2, 0) is 16.1 Å². The Kier molecular flexibility index (Phi) is 3.40. The minimum absolute atomic E-state index is 0.210. The summed E-state index contributed by atoms with van der Waals surface area (Å²) in [7, 11) is 0. The molecular formula is C13H11N5O4. The van der Waals surface area contributed by atoms with Gasteiger partial charge in [-0.3, -0.25) is 19.7 Å². The molecule has 9 heteroatoms. The highest BCUT2D eigenvalue weighted by molar-refractivity contribution is 6.05. The molecule has 0 bridgehead atoms. The highest BCUT2D eigenvalue weighted by atomic mass is 16.6. The van der Waals surface area contributed by atoms with Gasteiger partial charge in [0, 0.05) is 23.4 Å². The zero-order chi connectivity index (χ0) is 15.7. The standard InChI is InChI=1S/C13H11N5O4/c14-16-17-22-8-2-1-7-6-18(13(21)9(7)5-8)10-3-4-11(19)15-12(10)20/h1-2,5,10H,3-4,6H2,(H,15,19,20). The molecule has 1 fully saturated rings. The van der Waals surface area contributed by atoms with E-state index in [4.69, 9.17) is 10.4 Å². The van der Waals surface area contributed by atoms with Crippen LogP contribution in [0.1, 0.15) is 28.8 Å². The van der Waals surface area contributed by atoms with Crippen LogP contribution < -0.4 is 10.2 Å². The SMILES string of the molecule is [N-]=[N+]=NOc1ccc2c(c1)C(=O)N(C1CCC(=O)NC1=O)C2. The lowest BCUT2D eigenvalue weighted by atomic mass is 10.0. The zero-order valence-corrected chi connectivity index (χ0v) is 11.4. The summed E-state index contributed by atoms with van der Waals surface area (Å²) in [6.45, 7) is 0.294. The molecule has 3 amide bonds. The monoisotopic (exact) mass is 301 g/mol. The molecule has 9 nitrogen and oxygen atoms in total. The fraction of sp³-hybridized carbons (Fsp3) is 0.308. The second-order valence-corrected chi connectivity index (χ2v) is 4.98. The molecular weight excluding hydrogens is 290 g/mol. The summed E-state index contributed by atoms with van der Waals surface area (Å²) >= 11 is 0. The Balaban J connectivity index is 1.83. The van der Waals surface area contributed by atoms with Crippen molar-refractivity contribution in [3.8, 4) is 5.75 Å². The first-order valence-electron chi connectivity index (χ1n) is 6.59. The lowest BCUT2D eigenvalue weighted by Crippen LogP contribution is -2.52. The molecule has 2 heterocycles. The van der Waals surface area contributed by atoms with Gasteiger partial charge in [0.2, 0.25) is 11.8 Å². The Hall–Kier alpha value is -3.06. The van der Waals surface area contributed by atoms with Crippen molar-refractivity contribution < 1.29 is 19.2 Å². The third-order valence-electron chi connectivity index (χ3n) is 3.68. The van der Waals surface area contributed by atoms with Gasteiger partial charge in [-0.2, -0.15) is 0 Å². The summed E-state index contributed by atoms with van der Waals surface area (Å²) in [5, 5.41) is 5.22. The Morgan fingerprint density at radius 2 is 2.18 bits per heavy atom. The molecule has 0 aliphatic carbocycles. The van der Waals surface area contributed by atoms with Crippen LogP contribution in [0.5, 0.6) is 5.75 Å². The number of nitrogens with one attached hydrogen (secondary N) is 1. The fourth-order valence-corrected chi connectivity index (χ4v) is 2.66. The molecule has 0 spiro atoms. The largest absolute Gasteiger partial charge is 0.394 e. The Morgan fingerprint density at radius 1 is 1.36 bits per heavy atom. The van der Waals surface area contributed by atoms with Crippen LogP contribution in [-0.4, -0.2) is 28.7 Å². The lowest BCUT2D eigenvalue weighted by Gasteiger charge is -2.29. The van der Waals surface area contributed by atoms with Crippen LogP contribution in [0.15, 0.2) is 23.5 Å². The highest BCUT2D eigenvalue weighted by Crippen LogP contribution is 2.30. The molecule has 112 valence electrons. The van der Waals surface area contributed by atoms with Gasteiger partial charge in [0.05, 0.1) is 0 Å². The smallest absolute Gasteiger partial charge is 0.255 e. The molecule has 3 rings (SSSR count). The number of piperidine rings is 1. The first-order chi connectivity index (χ1) is 10.6. The number of hydrogen-bond acceptors (Lipinski definition) is 5. The molecule has 2 aliphatic rings. The van der Waals surface area contributed by atoms with E-state index in [2.05, 4.69) is 15.5 Å². The number of azide groups is 1. The van der Waals surface area contributed by atoms with E-state index in [1.54, 1.807) is 12.1 Å². The van der Waals surface area contributed by atoms with Crippen LogP contribution in [0.4, 0.5) is 0 Å². The van der Waals surface area contributed by atoms with Crippen LogP contribution in [0.25, 0.3) is 10.4 Å². The molecule has 0 saturated carbocycles. The van der Waals surface area contributed by atoms with Crippen molar-refractivity contribution in [1.29, 1.82) is 0 Å². The number of nitrogens with zero attached hydrogens (tertiary/aromatic N) is 4. The first kappa shape index (κ1) is 13.9. The number of imide groups is 1. The minimum Gasteiger partial charge on any atom is -0.394 e. The predicted molar refractivity (Wildman–Crippen MR) is 72.3 cm³/mol. The molecule has 22 heavy (non-hydrogen) atoms. The van der Waals surface area contributed by atoms with Gasteiger partial charge >= 0.3 is 0 Å². The van der Waals surface area contributed by atoms with E-state index in [1.165, 1.54) is 11.0 Å². The van der Waals surface area contributed by atoms with Gasteiger partial charge < -0.3 is 9.74 Å². The van der Waals surface area contributed by atoms with Crippen LogP contribution in [0.3, 0.4) is 0 Å². The van der Waals surface area contributed by atoms with Crippen LogP contribution in [0, 0.1) is 0 Å². The zero-order valence-electron chi connectivity index (χ0n) is 11.4. The molecule has 1 saturated heterocycles. The molecule has 1 N–H and O–H groups in total. The van der Waals surface area contributed by atoms with Gasteiger partial charge in [-0.15, -0.1) is 0 Å². The van der Waals surface area contributed by atoms with Crippen molar-refractivity contribution in [2.45, 2.75) is 25.4 Å². The Morgan fingerprint density at radius 3 is 2.91 bits per heavy atom. The normalized spacial score (nSPS) is 20.3. The highest BCUT2D eigenvalue weighted by Gasteiger charge is 2.39. The van der Waals surface area contributed by atoms with Gasteiger partial charge in [-0.25, -0.2) is 0 Å². The summed E-state index contributed by atoms with van der Waals surface area (Å²) in [6, 6.07) is 4.08. The van der Waals surface area contributed by atoms with Gasteiger partial charge in [-0.05, 0) is 29.6 Å². The van der Waals surface area contributed by atoms with E-state index in [0.29, 0.717) is 18.5 Å². The van der Waals surface area contributed by atoms with Crippen LogP contribution >= 0.6 is 0 Å². The third kappa shape index (κ3) is 2.33. The molecule has 1 aromatic rings. The summed E-state index contributed by atoms with van der Waals surface area (Å²) in [6.07, 6.45) is 0.522. The van der Waals surface area contributed by atoms with Gasteiger partial charge in [-0.1, -0.05) is 6.07 Å². The van der Waals surface area contributed by atoms with E-state index < -0.39 is 11.9 Å². The lowest BCUT2D eigenvalue weighted by molar-refractivity contribution is -0.136. The molecule has 2 aliphatic heterocycles. The van der Waals surface area contributed by atoms with Crippen molar-refractivity contribution in [1.82, 2.24) is 10.2 Å². The molecule has 0 radical (unpaired) electrons. The van der Waals surface area contributed by atoms with E-state index in [1.807, 2.05) is 0 Å². The average molecular weight is 301 g/mol. The summed E-state index contributed by atoms with van der Waals surface area (Å²) in [5.74, 6) is -0.843. The average Bonchev–Trinajstić information content (AvgIpc) is 2.82. The number of hydrogen-bond donors (Lipinski definition) is 1. The van der Waals surface area contributed by atoms with Gasteiger partial charge in [0.1, 0.15) is 17.1 Å². The third-order valence-corrected chi connectivity index (χ3v) is 3.68. The van der Waals surface area contributed by atoms with Gasteiger partial charge in [0.25, 0.3) is 5.91 Å². The predicted octanol–water partition coefficient (Wildman–Crippen LogP) is 1.05. The van der Waals surface area contributed by atoms with Crippen LogP contribution in [0.2, 0.25) is 0 Å². The molecule has 1 aromatic carbocycles. The maximum atomic E-state index is 12.5. The molecule has 1 atom stereocenters. The summed E-state index contributed by atoms with van der Waals surface area (Å²) < 4.78 is 0. The molecule has 1 unspecified atom stereocenters. The summed E-state index contributed by atoms with van der Waals surface area (Å²) in [5.41, 5.74) is 9.37. The number of amides is 3. The Bertz CT molecular complexity index is 725. The fourth-order valence-electron chi connectivity index (χ4n) is 2.66. The Labute approximate surface area is 124 Å². The van der Waals surface area contributed by atoms with Crippen molar-refractivity contribution in [2.24, 2.45) is 5.28 Å². The minimum atomic E-state index is -0.654. The van der Waals surface area contributed by atoms with Crippen molar-refractivity contribution in [3.63, 3.8) is 0 Å². The number of benzene rings is 1. The maximum absolute atomic E-state index is 12.5. The second-order valence-electron chi connectivity index (χ2n) is 4.98. The first-order valence-corrected chi connectivity index (χ1v) is 6.59. The van der Waals surface area contributed by atoms with Crippen molar-refractivity contribution >= 4 is 17.7 Å². The van der Waals surface area contributed by atoms with Crippen molar-refractivity contribution in [2.75, 3.05) is 0 Å². The van der Waals surface area contributed by atoms with E-state index in [9.17, 15) is 14.4 Å². The van der Waals surface area contributed by atoms with E-state index in [-0.39, 0.29) is 24.0 Å². The number of rotatable bonds is 3. The number of carbonyl (C=O) groups excluding carboxylic acids is 3. The topological polar surface area (TPSA) is 124 Å². The second kappa shape index (κ2) is 5.38. The maximum Gasteiger partial charge on any atom is 0.255 e. The number of carbonyl (C=O) groups is 3. The summed E-state index contributed by atoms with van der Waals surface area (Å²) in [4.78, 5) is 44.2. The quantitative estimate of drug-likeness (QED) is 0.294. The van der Waals surface area contributed by atoms with E-state index in [0.717, 1.165) is 5.56 Å². The number of fused-ring (bicyclic) bond motifs is 1. The van der Waals surface area contributed by atoms with Crippen molar-refractivity contribution in [3.05, 3.63) is 39.8 Å².